The minimum Gasteiger partial charge on any atom is -0.308 e. The summed E-state index contributed by atoms with van der Waals surface area (Å²) in [6.07, 6.45) is 1.39. The number of anilines is 2. The van der Waals surface area contributed by atoms with Crippen molar-refractivity contribution < 1.29 is 4.79 Å². The lowest BCUT2D eigenvalue weighted by Gasteiger charge is -2.08. The van der Waals surface area contributed by atoms with Gasteiger partial charge in [0.1, 0.15) is 11.9 Å². The molecule has 2 rings (SSSR count). The molecule has 20 heavy (non-hydrogen) atoms. The number of carbonyl (C=O) groups is 1. The largest absolute Gasteiger partial charge is 0.324 e. The first-order valence-corrected chi connectivity index (χ1v) is 6.16. The van der Waals surface area contributed by atoms with Crippen LogP contribution in [-0.2, 0) is 0 Å². The van der Waals surface area contributed by atoms with Crippen LogP contribution in [0.5, 0.6) is 0 Å². The SMILES string of the molecule is Cc1ccc(NC(=O)Nc2ccc(C#N)cn2)cc1Cl. The third-order valence-electron chi connectivity index (χ3n) is 2.56. The van der Waals surface area contributed by atoms with E-state index in [1.54, 1.807) is 24.3 Å². The Labute approximate surface area is 121 Å². The first kappa shape index (κ1) is 13.8. The number of rotatable bonds is 2. The second kappa shape index (κ2) is 6.04. The van der Waals surface area contributed by atoms with E-state index in [0.29, 0.717) is 22.1 Å². The summed E-state index contributed by atoms with van der Waals surface area (Å²) >= 11 is 5.98. The predicted molar refractivity (Wildman–Crippen MR) is 77.8 cm³/mol. The second-order valence-corrected chi connectivity index (χ2v) is 4.49. The van der Waals surface area contributed by atoms with E-state index in [1.165, 1.54) is 6.20 Å². The Hall–Kier alpha value is -2.58. The topological polar surface area (TPSA) is 77.8 Å². The lowest BCUT2D eigenvalue weighted by atomic mass is 10.2. The van der Waals surface area contributed by atoms with Gasteiger partial charge in [-0.05, 0) is 36.8 Å². The zero-order valence-electron chi connectivity index (χ0n) is 10.6. The number of amides is 2. The minimum atomic E-state index is -0.429. The van der Waals surface area contributed by atoms with E-state index in [2.05, 4.69) is 15.6 Å². The van der Waals surface area contributed by atoms with Gasteiger partial charge in [-0.1, -0.05) is 17.7 Å². The van der Waals surface area contributed by atoms with E-state index in [1.807, 2.05) is 19.1 Å². The van der Waals surface area contributed by atoms with Crippen LogP contribution in [0, 0.1) is 18.3 Å². The summed E-state index contributed by atoms with van der Waals surface area (Å²) in [7, 11) is 0. The Morgan fingerprint density at radius 1 is 1.30 bits per heavy atom. The van der Waals surface area contributed by atoms with Gasteiger partial charge in [0.05, 0.1) is 5.56 Å². The first-order valence-electron chi connectivity index (χ1n) is 5.79. The van der Waals surface area contributed by atoms with E-state index in [4.69, 9.17) is 16.9 Å². The number of nitrogens with one attached hydrogen (secondary N) is 2. The van der Waals surface area contributed by atoms with Gasteiger partial charge in [0.25, 0.3) is 0 Å². The number of hydrogen-bond acceptors (Lipinski definition) is 3. The normalized spacial score (nSPS) is 9.65. The maximum atomic E-state index is 11.8. The lowest BCUT2D eigenvalue weighted by Crippen LogP contribution is -2.20. The number of aromatic nitrogens is 1. The summed E-state index contributed by atoms with van der Waals surface area (Å²) in [6, 6.07) is 9.90. The van der Waals surface area contributed by atoms with E-state index in [9.17, 15) is 4.79 Å². The molecule has 5 nitrogen and oxygen atoms in total. The molecule has 0 atom stereocenters. The summed E-state index contributed by atoms with van der Waals surface area (Å²) in [5, 5.41) is 14.4. The molecule has 6 heteroatoms. The van der Waals surface area contributed by atoms with Crippen LogP contribution in [0.4, 0.5) is 16.3 Å². The number of halogens is 1. The number of hydrogen-bond donors (Lipinski definition) is 2. The number of nitrogens with zero attached hydrogens (tertiary/aromatic N) is 2. The van der Waals surface area contributed by atoms with Crippen molar-refractivity contribution in [1.82, 2.24) is 4.98 Å². The molecule has 1 aromatic heterocycles. The van der Waals surface area contributed by atoms with Gasteiger partial charge in [-0.2, -0.15) is 5.26 Å². The van der Waals surface area contributed by atoms with Gasteiger partial charge in [-0.25, -0.2) is 9.78 Å². The number of pyridine rings is 1. The van der Waals surface area contributed by atoms with Crippen LogP contribution in [-0.4, -0.2) is 11.0 Å². The summed E-state index contributed by atoms with van der Waals surface area (Å²) in [4.78, 5) is 15.7. The van der Waals surface area contributed by atoms with Crippen molar-refractivity contribution in [3.8, 4) is 6.07 Å². The van der Waals surface area contributed by atoms with Crippen LogP contribution in [0.1, 0.15) is 11.1 Å². The van der Waals surface area contributed by atoms with E-state index >= 15 is 0 Å². The van der Waals surface area contributed by atoms with Crippen molar-refractivity contribution in [2.75, 3.05) is 10.6 Å². The van der Waals surface area contributed by atoms with Crippen molar-refractivity contribution in [3.63, 3.8) is 0 Å². The van der Waals surface area contributed by atoms with Gasteiger partial charge >= 0.3 is 6.03 Å². The summed E-state index contributed by atoms with van der Waals surface area (Å²) in [6.45, 7) is 1.88. The number of urea groups is 1. The maximum Gasteiger partial charge on any atom is 0.324 e. The Morgan fingerprint density at radius 2 is 2.10 bits per heavy atom. The van der Waals surface area contributed by atoms with Crippen LogP contribution >= 0.6 is 11.6 Å². The summed E-state index contributed by atoms with van der Waals surface area (Å²) in [5.41, 5.74) is 1.96. The molecule has 100 valence electrons. The van der Waals surface area contributed by atoms with Crippen molar-refractivity contribution in [1.29, 1.82) is 5.26 Å². The highest BCUT2D eigenvalue weighted by Gasteiger charge is 2.05. The lowest BCUT2D eigenvalue weighted by molar-refractivity contribution is 0.262. The van der Waals surface area contributed by atoms with Crippen LogP contribution in [0.2, 0.25) is 5.02 Å². The summed E-state index contributed by atoms with van der Waals surface area (Å²) in [5.74, 6) is 0.361. The average molecular weight is 287 g/mol. The zero-order chi connectivity index (χ0) is 14.5. The highest BCUT2D eigenvalue weighted by atomic mass is 35.5. The molecule has 0 saturated heterocycles. The number of nitriles is 1. The summed E-state index contributed by atoms with van der Waals surface area (Å²) < 4.78 is 0. The molecular formula is C14H11ClN4O. The third kappa shape index (κ3) is 3.46. The van der Waals surface area contributed by atoms with Gasteiger partial charge in [0.2, 0.25) is 0 Å². The van der Waals surface area contributed by atoms with Crippen LogP contribution in [0.25, 0.3) is 0 Å². The molecule has 0 fully saturated rings. The molecule has 0 aliphatic rings. The fourth-order valence-electron chi connectivity index (χ4n) is 1.48. The number of aryl methyl sites for hydroxylation is 1. The van der Waals surface area contributed by atoms with Gasteiger partial charge in [-0.15, -0.1) is 0 Å². The van der Waals surface area contributed by atoms with Gasteiger partial charge in [0, 0.05) is 16.9 Å². The zero-order valence-corrected chi connectivity index (χ0v) is 11.4. The third-order valence-corrected chi connectivity index (χ3v) is 2.97. The molecule has 0 aliphatic carbocycles. The standard InChI is InChI=1S/C14H11ClN4O/c1-9-2-4-11(6-12(9)15)18-14(20)19-13-5-3-10(7-16)8-17-13/h2-6,8H,1H3,(H2,17,18,19,20). The minimum absolute atomic E-state index is 0.361. The van der Waals surface area contributed by atoms with Gasteiger partial charge in [-0.3, -0.25) is 5.32 Å². The Kier molecular flexibility index (Phi) is 4.18. The second-order valence-electron chi connectivity index (χ2n) is 4.09. The fraction of sp³-hybridized carbons (Fsp3) is 0.0714. The highest BCUT2D eigenvalue weighted by Crippen LogP contribution is 2.20. The fourth-order valence-corrected chi connectivity index (χ4v) is 1.66. The first-order chi connectivity index (χ1) is 9.58. The van der Waals surface area contributed by atoms with E-state index in [0.717, 1.165) is 5.56 Å². The molecule has 0 bridgehead atoms. The molecule has 1 heterocycles. The highest BCUT2D eigenvalue weighted by molar-refractivity contribution is 6.31. The Balaban J connectivity index is 2.01. The monoisotopic (exact) mass is 286 g/mol. The quantitative estimate of drug-likeness (QED) is 0.886. The average Bonchev–Trinajstić information content (AvgIpc) is 2.44. The molecule has 2 amide bonds. The van der Waals surface area contributed by atoms with E-state index < -0.39 is 6.03 Å². The van der Waals surface area contributed by atoms with Crippen LogP contribution in [0.3, 0.4) is 0 Å². The molecule has 0 unspecified atom stereocenters. The van der Waals surface area contributed by atoms with Crippen molar-refractivity contribution in [2.45, 2.75) is 6.92 Å². The Bertz CT molecular complexity index is 677. The number of benzene rings is 1. The number of carbonyl (C=O) groups excluding carboxylic acids is 1. The van der Waals surface area contributed by atoms with Crippen molar-refractivity contribution in [2.24, 2.45) is 0 Å². The Morgan fingerprint density at radius 3 is 2.70 bits per heavy atom. The molecular weight excluding hydrogens is 276 g/mol. The molecule has 0 spiro atoms. The molecule has 1 aromatic carbocycles. The van der Waals surface area contributed by atoms with E-state index in [-0.39, 0.29) is 0 Å². The van der Waals surface area contributed by atoms with Crippen LogP contribution < -0.4 is 10.6 Å². The maximum absolute atomic E-state index is 11.8. The molecule has 0 aliphatic heterocycles. The molecule has 0 saturated carbocycles. The molecule has 2 N–H and O–H groups in total. The van der Waals surface area contributed by atoms with Crippen molar-refractivity contribution >= 4 is 29.1 Å². The van der Waals surface area contributed by atoms with Crippen LogP contribution in [0.15, 0.2) is 36.5 Å². The molecule has 2 aromatic rings. The smallest absolute Gasteiger partial charge is 0.308 e. The molecule has 0 radical (unpaired) electrons. The van der Waals surface area contributed by atoms with Gasteiger partial charge < -0.3 is 5.32 Å². The van der Waals surface area contributed by atoms with Gasteiger partial charge in [0.15, 0.2) is 0 Å². The predicted octanol–water partition coefficient (Wildman–Crippen LogP) is 3.56. The van der Waals surface area contributed by atoms with Crippen molar-refractivity contribution in [3.05, 3.63) is 52.7 Å².